The second kappa shape index (κ2) is 8.25. The number of hydrogen-bond acceptors (Lipinski definition) is 3. The summed E-state index contributed by atoms with van der Waals surface area (Å²) in [5.41, 5.74) is 0.957. The molecule has 0 spiro atoms. The van der Waals surface area contributed by atoms with Crippen LogP contribution in [0.15, 0.2) is 52.9 Å². The number of rotatable bonds is 4. The number of furan rings is 1. The van der Waals surface area contributed by atoms with Crippen molar-refractivity contribution in [3.05, 3.63) is 70.7 Å². The number of benzene rings is 2. The number of carbonyl (C=O) groups is 2. The highest BCUT2D eigenvalue weighted by atomic mass is 35.5. The standard InChI is InChI=1S/C22H20ClFN2O3/c23-18-12-16(24)5-6-17(18)21(27)25-13-14-7-9-26(10-8-14)22(28)20-11-15-3-1-2-4-19(15)29-20/h1-6,11-12,14H,7-10,13H2,(H,25,27). The number of para-hydroxylation sites is 1. The first-order valence-corrected chi connectivity index (χ1v) is 9.90. The second-order valence-corrected chi connectivity index (χ2v) is 7.63. The summed E-state index contributed by atoms with van der Waals surface area (Å²) in [7, 11) is 0. The first-order valence-electron chi connectivity index (χ1n) is 9.52. The highest BCUT2D eigenvalue weighted by Gasteiger charge is 2.26. The van der Waals surface area contributed by atoms with Crippen LogP contribution < -0.4 is 5.32 Å². The van der Waals surface area contributed by atoms with Gasteiger partial charge in [0, 0.05) is 25.0 Å². The molecule has 0 atom stereocenters. The van der Waals surface area contributed by atoms with Crippen LogP contribution in [0.25, 0.3) is 11.0 Å². The Kier molecular flexibility index (Phi) is 5.53. The predicted molar refractivity (Wildman–Crippen MR) is 109 cm³/mol. The van der Waals surface area contributed by atoms with Crippen LogP contribution in [0.2, 0.25) is 5.02 Å². The van der Waals surface area contributed by atoms with Gasteiger partial charge in [0.2, 0.25) is 0 Å². The molecule has 1 fully saturated rings. The van der Waals surface area contributed by atoms with Gasteiger partial charge in [0.1, 0.15) is 11.4 Å². The highest BCUT2D eigenvalue weighted by molar-refractivity contribution is 6.33. The molecule has 7 heteroatoms. The Hall–Kier alpha value is -2.86. The largest absolute Gasteiger partial charge is 0.451 e. The van der Waals surface area contributed by atoms with E-state index >= 15 is 0 Å². The van der Waals surface area contributed by atoms with E-state index in [0.29, 0.717) is 31.0 Å². The van der Waals surface area contributed by atoms with Crippen LogP contribution in [-0.2, 0) is 0 Å². The van der Waals surface area contributed by atoms with Crippen LogP contribution in [0.1, 0.15) is 33.8 Å². The zero-order chi connectivity index (χ0) is 20.4. The average molecular weight is 415 g/mol. The Bertz CT molecular complexity index is 1020. The van der Waals surface area contributed by atoms with Gasteiger partial charge in [-0.15, -0.1) is 0 Å². The van der Waals surface area contributed by atoms with Crippen molar-refractivity contribution in [2.45, 2.75) is 12.8 Å². The summed E-state index contributed by atoms with van der Waals surface area (Å²) < 4.78 is 18.8. The third kappa shape index (κ3) is 4.27. The van der Waals surface area contributed by atoms with Gasteiger partial charge in [0.25, 0.3) is 11.8 Å². The molecule has 4 rings (SSSR count). The fraction of sp³-hybridized carbons (Fsp3) is 0.273. The maximum absolute atomic E-state index is 13.1. The lowest BCUT2D eigenvalue weighted by molar-refractivity contribution is 0.0655. The summed E-state index contributed by atoms with van der Waals surface area (Å²) in [4.78, 5) is 26.8. The van der Waals surface area contributed by atoms with Crippen molar-refractivity contribution in [1.82, 2.24) is 10.2 Å². The molecule has 5 nitrogen and oxygen atoms in total. The zero-order valence-electron chi connectivity index (χ0n) is 15.7. The molecular weight excluding hydrogens is 395 g/mol. The number of halogens is 2. The maximum Gasteiger partial charge on any atom is 0.289 e. The molecule has 2 amide bonds. The topological polar surface area (TPSA) is 62.6 Å². The fourth-order valence-electron chi connectivity index (χ4n) is 3.59. The minimum absolute atomic E-state index is 0.0914. The first kappa shape index (κ1) is 19.5. The monoisotopic (exact) mass is 414 g/mol. The predicted octanol–water partition coefficient (Wildman–Crippen LogP) is 4.51. The molecule has 1 N–H and O–H groups in total. The normalized spacial score (nSPS) is 14.9. The van der Waals surface area contributed by atoms with Crippen molar-refractivity contribution >= 4 is 34.4 Å². The minimum atomic E-state index is -0.479. The Balaban J connectivity index is 1.30. The molecule has 2 aromatic carbocycles. The SMILES string of the molecule is O=C(NCC1CCN(C(=O)c2cc3ccccc3o2)CC1)c1ccc(F)cc1Cl. The third-order valence-corrected chi connectivity index (χ3v) is 5.58. The van der Waals surface area contributed by atoms with Crippen LogP contribution in [0.5, 0.6) is 0 Å². The smallest absolute Gasteiger partial charge is 0.289 e. The molecule has 1 saturated heterocycles. The van der Waals surface area contributed by atoms with Crippen LogP contribution in [-0.4, -0.2) is 36.3 Å². The van der Waals surface area contributed by atoms with Gasteiger partial charge in [0.05, 0.1) is 10.6 Å². The fourth-order valence-corrected chi connectivity index (χ4v) is 3.84. The van der Waals surface area contributed by atoms with Crippen LogP contribution in [0.3, 0.4) is 0 Å². The van der Waals surface area contributed by atoms with Crippen LogP contribution in [0.4, 0.5) is 4.39 Å². The van der Waals surface area contributed by atoms with E-state index in [-0.39, 0.29) is 28.3 Å². The Morgan fingerprint density at radius 1 is 1.14 bits per heavy atom. The Morgan fingerprint density at radius 3 is 2.62 bits per heavy atom. The summed E-state index contributed by atoms with van der Waals surface area (Å²) in [5.74, 6) is -0.299. The zero-order valence-corrected chi connectivity index (χ0v) is 16.4. The number of amides is 2. The second-order valence-electron chi connectivity index (χ2n) is 7.22. The molecule has 0 radical (unpaired) electrons. The van der Waals surface area contributed by atoms with Gasteiger partial charge in [-0.05, 0) is 49.1 Å². The molecule has 3 aromatic rings. The van der Waals surface area contributed by atoms with E-state index in [0.717, 1.165) is 24.3 Å². The van der Waals surface area contributed by atoms with E-state index in [4.69, 9.17) is 16.0 Å². The molecule has 2 heterocycles. The lowest BCUT2D eigenvalue weighted by atomic mass is 9.96. The van der Waals surface area contributed by atoms with Crippen LogP contribution in [0, 0.1) is 11.7 Å². The van der Waals surface area contributed by atoms with Crippen molar-refractivity contribution in [2.75, 3.05) is 19.6 Å². The minimum Gasteiger partial charge on any atom is -0.451 e. The number of likely N-dealkylation sites (tertiary alicyclic amines) is 1. The number of nitrogens with one attached hydrogen (secondary N) is 1. The molecule has 0 unspecified atom stereocenters. The van der Waals surface area contributed by atoms with Crippen molar-refractivity contribution in [1.29, 1.82) is 0 Å². The molecular formula is C22H20ClFN2O3. The summed E-state index contributed by atoms with van der Waals surface area (Å²) >= 11 is 5.93. The summed E-state index contributed by atoms with van der Waals surface area (Å²) in [5, 5.41) is 3.86. The number of carbonyl (C=O) groups excluding carboxylic acids is 2. The lowest BCUT2D eigenvalue weighted by Gasteiger charge is -2.31. The number of piperidine rings is 1. The Labute approximate surface area is 172 Å². The van der Waals surface area contributed by atoms with E-state index in [1.165, 1.54) is 12.1 Å². The molecule has 1 aromatic heterocycles. The van der Waals surface area contributed by atoms with Gasteiger partial charge in [-0.1, -0.05) is 29.8 Å². The third-order valence-electron chi connectivity index (χ3n) is 5.27. The summed E-state index contributed by atoms with van der Waals surface area (Å²) in [6.45, 7) is 1.70. The molecule has 0 bridgehead atoms. The lowest BCUT2D eigenvalue weighted by Crippen LogP contribution is -2.41. The van der Waals surface area contributed by atoms with E-state index < -0.39 is 5.82 Å². The number of fused-ring (bicyclic) bond motifs is 1. The van der Waals surface area contributed by atoms with Gasteiger partial charge in [0.15, 0.2) is 5.76 Å². The number of hydrogen-bond donors (Lipinski definition) is 1. The Morgan fingerprint density at radius 2 is 1.90 bits per heavy atom. The van der Waals surface area contributed by atoms with Crippen molar-refractivity contribution in [3.63, 3.8) is 0 Å². The van der Waals surface area contributed by atoms with E-state index in [1.54, 1.807) is 11.0 Å². The van der Waals surface area contributed by atoms with Gasteiger partial charge in [-0.25, -0.2) is 4.39 Å². The van der Waals surface area contributed by atoms with Gasteiger partial charge >= 0.3 is 0 Å². The van der Waals surface area contributed by atoms with Gasteiger partial charge < -0.3 is 14.6 Å². The molecule has 1 aliphatic heterocycles. The average Bonchev–Trinajstić information content (AvgIpc) is 3.16. The molecule has 150 valence electrons. The van der Waals surface area contributed by atoms with E-state index in [9.17, 15) is 14.0 Å². The van der Waals surface area contributed by atoms with Gasteiger partial charge in [-0.2, -0.15) is 0 Å². The van der Waals surface area contributed by atoms with E-state index in [2.05, 4.69) is 5.32 Å². The van der Waals surface area contributed by atoms with E-state index in [1.807, 2.05) is 24.3 Å². The highest BCUT2D eigenvalue weighted by Crippen LogP contribution is 2.23. The molecule has 1 aliphatic rings. The first-order chi connectivity index (χ1) is 14.0. The quantitative estimate of drug-likeness (QED) is 0.683. The maximum atomic E-state index is 13.1. The number of nitrogens with zero attached hydrogens (tertiary/aromatic N) is 1. The van der Waals surface area contributed by atoms with Crippen molar-refractivity contribution < 1.29 is 18.4 Å². The molecule has 0 aliphatic carbocycles. The van der Waals surface area contributed by atoms with Crippen molar-refractivity contribution in [3.8, 4) is 0 Å². The summed E-state index contributed by atoms with van der Waals surface area (Å²) in [6, 6.07) is 13.0. The summed E-state index contributed by atoms with van der Waals surface area (Å²) in [6.07, 6.45) is 1.56. The van der Waals surface area contributed by atoms with Crippen molar-refractivity contribution in [2.24, 2.45) is 5.92 Å². The van der Waals surface area contributed by atoms with Gasteiger partial charge in [-0.3, -0.25) is 9.59 Å². The van der Waals surface area contributed by atoms with Crippen LogP contribution >= 0.6 is 11.6 Å². The molecule has 0 saturated carbocycles. The molecule has 29 heavy (non-hydrogen) atoms.